The number of hydrogen-bond acceptors (Lipinski definition) is 15. The second-order valence-corrected chi connectivity index (χ2v) is 10.1. The lowest BCUT2D eigenvalue weighted by Crippen LogP contribution is -2.62. The fraction of sp³-hybridized carbons (Fsp3) is 0.444. The Morgan fingerprint density at radius 3 is 2.00 bits per heavy atom. The van der Waals surface area contributed by atoms with Crippen LogP contribution >= 0.6 is 0 Å². The van der Waals surface area contributed by atoms with Gasteiger partial charge in [-0.1, -0.05) is 0 Å². The van der Waals surface area contributed by atoms with Crippen molar-refractivity contribution in [3.8, 4) is 28.6 Å². The molecule has 2 saturated heterocycles. The number of hydrogen-bond donors (Lipinski definition) is 10. The van der Waals surface area contributed by atoms with Crippen molar-refractivity contribution in [3.05, 3.63) is 52.2 Å². The molecule has 0 aliphatic carbocycles. The molecule has 15 heteroatoms. The van der Waals surface area contributed by atoms with Crippen LogP contribution in [0.3, 0.4) is 0 Å². The molecule has 2 aliphatic heterocycles. The van der Waals surface area contributed by atoms with Gasteiger partial charge in [0.25, 0.3) is 0 Å². The van der Waals surface area contributed by atoms with Crippen LogP contribution in [-0.2, 0) is 14.2 Å². The van der Waals surface area contributed by atoms with Crippen molar-refractivity contribution < 1.29 is 69.7 Å². The Morgan fingerprint density at radius 1 is 0.738 bits per heavy atom. The van der Waals surface area contributed by atoms with Crippen LogP contribution in [0, 0.1) is 0 Å². The average Bonchev–Trinajstić information content (AvgIpc) is 2.96. The van der Waals surface area contributed by atoms with Gasteiger partial charge in [-0.15, -0.1) is 0 Å². The van der Waals surface area contributed by atoms with Crippen molar-refractivity contribution in [3.63, 3.8) is 0 Å². The quantitative estimate of drug-likeness (QED) is 0.147. The zero-order valence-electron chi connectivity index (χ0n) is 21.7. The van der Waals surface area contributed by atoms with Gasteiger partial charge in [0.1, 0.15) is 83.3 Å². The first-order valence-corrected chi connectivity index (χ1v) is 12.9. The smallest absolute Gasteiger partial charge is 0.197 e. The third-order valence-corrected chi connectivity index (χ3v) is 7.44. The maximum absolute atomic E-state index is 13.1. The van der Waals surface area contributed by atoms with Crippen LogP contribution in [0.25, 0.3) is 22.3 Å². The van der Waals surface area contributed by atoms with Gasteiger partial charge in [-0.05, 0) is 24.3 Å². The summed E-state index contributed by atoms with van der Waals surface area (Å²) in [6.07, 6.45) is -17.3. The molecule has 0 saturated carbocycles. The molecule has 15 nitrogen and oxygen atoms in total. The molecule has 10 N–H and O–H groups in total. The monoisotopic (exact) mass is 594 g/mol. The first-order chi connectivity index (χ1) is 20.0. The van der Waals surface area contributed by atoms with Gasteiger partial charge in [-0.3, -0.25) is 4.79 Å². The molecule has 0 amide bonds. The van der Waals surface area contributed by atoms with Crippen LogP contribution in [0.4, 0.5) is 0 Å². The molecule has 0 bridgehead atoms. The molecular weight excluding hydrogens is 564 g/mol. The van der Waals surface area contributed by atoms with Crippen molar-refractivity contribution in [1.29, 1.82) is 0 Å². The fourth-order valence-electron chi connectivity index (χ4n) is 5.17. The Bertz CT molecular complexity index is 1470. The summed E-state index contributed by atoms with van der Waals surface area (Å²) in [4.78, 5) is 13.1. The highest BCUT2D eigenvalue weighted by atomic mass is 16.7. The van der Waals surface area contributed by atoms with E-state index in [0.29, 0.717) is 5.56 Å². The highest BCUT2D eigenvalue weighted by molar-refractivity contribution is 5.89. The number of aliphatic hydroxyl groups is 7. The molecule has 0 unspecified atom stereocenters. The lowest BCUT2D eigenvalue weighted by Gasteiger charge is -2.46. The summed E-state index contributed by atoms with van der Waals surface area (Å²) in [6.45, 7) is -1.61. The Morgan fingerprint density at radius 2 is 1.36 bits per heavy atom. The Labute approximate surface area is 236 Å². The standard InChI is InChI=1S/C27H30O15/c28-7-15-20(35)22(37)26(42-27-23(38)21(36)19(34)16(8-29)41-27)25(40-15)18-12(32)5-11(31)17-13(33)6-14(39-24(17)18)9-1-3-10(30)4-2-9/h1-6,15-16,19-23,25-32,34-38H,7-8H2/t15-,16-,19+,20+,21+,22+,23+,25-,26-,27+/m0/s1. The summed E-state index contributed by atoms with van der Waals surface area (Å²) in [5, 5.41) is 103. The van der Waals surface area contributed by atoms with Crippen LogP contribution in [0.5, 0.6) is 17.2 Å². The summed E-state index contributed by atoms with van der Waals surface area (Å²) < 4.78 is 22.9. The lowest BCUT2D eigenvalue weighted by atomic mass is 9.89. The minimum absolute atomic E-state index is 0.0553. The van der Waals surface area contributed by atoms with Crippen LogP contribution in [0.15, 0.2) is 45.6 Å². The predicted octanol–water partition coefficient (Wildman–Crippen LogP) is -2.08. The van der Waals surface area contributed by atoms with Gasteiger partial charge in [-0.2, -0.15) is 0 Å². The van der Waals surface area contributed by atoms with E-state index in [4.69, 9.17) is 18.6 Å². The van der Waals surface area contributed by atoms with E-state index < -0.39 is 102 Å². The molecule has 3 aromatic rings. The maximum atomic E-state index is 13.1. The molecule has 42 heavy (non-hydrogen) atoms. The zero-order chi connectivity index (χ0) is 30.5. The van der Waals surface area contributed by atoms with E-state index in [-0.39, 0.29) is 17.1 Å². The molecule has 3 heterocycles. The Hall–Kier alpha value is -3.35. The molecule has 228 valence electrons. The summed E-state index contributed by atoms with van der Waals surface area (Å²) in [5.41, 5.74) is -1.21. The van der Waals surface area contributed by atoms with Gasteiger partial charge in [0.05, 0.1) is 18.8 Å². The van der Waals surface area contributed by atoms with E-state index in [0.717, 1.165) is 12.1 Å². The normalized spacial score (nSPS) is 33.6. The molecule has 0 spiro atoms. The van der Waals surface area contributed by atoms with Crippen molar-refractivity contribution in [2.75, 3.05) is 13.2 Å². The van der Waals surface area contributed by atoms with E-state index in [1.165, 1.54) is 24.3 Å². The number of fused-ring (bicyclic) bond motifs is 1. The average molecular weight is 595 g/mol. The first kappa shape index (κ1) is 30.1. The van der Waals surface area contributed by atoms with E-state index in [9.17, 15) is 55.9 Å². The third kappa shape index (κ3) is 5.20. The van der Waals surface area contributed by atoms with Crippen molar-refractivity contribution >= 4 is 11.0 Å². The number of rotatable bonds is 6. The fourth-order valence-corrected chi connectivity index (χ4v) is 5.17. The lowest BCUT2D eigenvalue weighted by molar-refractivity contribution is -0.342. The number of phenolic OH excluding ortho intramolecular Hbond substituents is 3. The molecule has 1 aromatic heterocycles. The second kappa shape index (κ2) is 11.7. The van der Waals surface area contributed by atoms with Crippen molar-refractivity contribution in [2.45, 2.75) is 61.2 Å². The summed E-state index contributed by atoms with van der Waals surface area (Å²) in [7, 11) is 0. The SMILES string of the molecule is O=c1cc(-c2ccc(O)cc2)oc2c([C@@H]3O[C@@H](CO)[C@@H](O)[C@@H](O)[C@@H]3O[C@H]3O[C@@H](CO)[C@@H](O)[C@@H](O)[C@H]3O)c(O)cc(O)c12. The molecule has 2 aliphatic rings. The highest BCUT2D eigenvalue weighted by Gasteiger charge is 2.52. The Balaban J connectivity index is 1.66. The third-order valence-electron chi connectivity index (χ3n) is 7.44. The van der Waals surface area contributed by atoms with Gasteiger partial charge >= 0.3 is 0 Å². The number of ether oxygens (including phenoxy) is 3. The number of phenols is 3. The van der Waals surface area contributed by atoms with E-state index >= 15 is 0 Å². The van der Waals surface area contributed by atoms with Gasteiger partial charge < -0.3 is 69.7 Å². The molecule has 10 atom stereocenters. The van der Waals surface area contributed by atoms with E-state index in [1.54, 1.807) is 0 Å². The largest absolute Gasteiger partial charge is 0.508 e. The second-order valence-electron chi connectivity index (χ2n) is 10.1. The summed E-state index contributed by atoms with van der Waals surface area (Å²) in [6, 6.07) is 7.41. The van der Waals surface area contributed by atoms with E-state index in [1.807, 2.05) is 0 Å². The predicted molar refractivity (Wildman–Crippen MR) is 138 cm³/mol. The number of aromatic hydroxyl groups is 3. The van der Waals surface area contributed by atoms with Crippen LogP contribution < -0.4 is 5.43 Å². The summed E-state index contributed by atoms with van der Waals surface area (Å²) in [5.74, 6) is -1.50. The van der Waals surface area contributed by atoms with Crippen molar-refractivity contribution in [1.82, 2.24) is 0 Å². The van der Waals surface area contributed by atoms with Gasteiger partial charge in [0.2, 0.25) is 0 Å². The topological polar surface area (TPSA) is 260 Å². The van der Waals surface area contributed by atoms with Gasteiger partial charge in [0.15, 0.2) is 17.3 Å². The molecule has 0 radical (unpaired) electrons. The zero-order valence-corrected chi connectivity index (χ0v) is 21.7. The molecular formula is C27H30O15. The van der Waals surface area contributed by atoms with Gasteiger partial charge in [-0.25, -0.2) is 0 Å². The van der Waals surface area contributed by atoms with E-state index in [2.05, 4.69) is 0 Å². The Kier molecular flexibility index (Phi) is 8.41. The molecule has 2 aromatic carbocycles. The molecule has 2 fully saturated rings. The number of benzene rings is 2. The first-order valence-electron chi connectivity index (χ1n) is 12.9. The minimum atomic E-state index is -1.92. The van der Waals surface area contributed by atoms with Gasteiger partial charge in [0, 0.05) is 17.7 Å². The van der Waals surface area contributed by atoms with Crippen LogP contribution in [-0.4, -0.2) is 119 Å². The molecule has 5 rings (SSSR count). The minimum Gasteiger partial charge on any atom is -0.508 e. The summed E-state index contributed by atoms with van der Waals surface area (Å²) >= 11 is 0. The van der Waals surface area contributed by atoms with Crippen molar-refractivity contribution in [2.24, 2.45) is 0 Å². The van der Waals surface area contributed by atoms with Crippen LogP contribution in [0.1, 0.15) is 11.7 Å². The highest BCUT2D eigenvalue weighted by Crippen LogP contribution is 2.45. The maximum Gasteiger partial charge on any atom is 0.197 e. The van der Waals surface area contributed by atoms with Crippen LogP contribution in [0.2, 0.25) is 0 Å². The number of aliphatic hydroxyl groups excluding tert-OH is 7.